The molecule has 0 bridgehead atoms. The van der Waals surface area contributed by atoms with Crippen LogP contribution in [0.15, 0.2) is 22.7 Å². The molecule has 158 valence electrons. The van der Waals surface area contributed by atoms with E-state index >= 15 is 0 Å². The van der Waals surface area contributed by atoms with E-state index in [-0.39, 0.29) is 17.6 Å². The van der Waals surface area contributed by atoms with Gasteiger partial charge < -0.3 is 14.6 Å². The molecule has 0 radical (unpaired) electrons. The number of carbonyl (C=O) groups is 2. The van der Waals surface area contributed by atoms with Gasteiger partial charge in [0.25, 0.3) is 0 Å². The fourth-order valence-corrected chi connectivity index (χ4v) is 6.38. The van der Waals surface area contributed by atoms with E-state index in [1.54, 1.807) is 11.3 Å². The summed E-state index contributed by atoms with van der Waals surface area (Å²) in [6.45, 7) is 2.21. The van der Waals surface area contributed by atoms with Crippen LogP contribution in [-0.2, 0) is 29.4 Å². The van der Waals surface area contributed by atoms with Gasteiger partial charge >= 0.3 is 5.97 Å². The first-order valence-electron chi connectivity index (χ1n) is 9.56. The maximum absolute atomic E-state index is 12.6. The molecule has 0 spiro atoms. The third-order valence-electron chi connectivity index (χ3n) is 5.06. The van der Waals surface area contributed by atoms with Gasteiger partial charge in [0.15, 0.2) is 11.0 Å². The largest absolute Gasteiger partial charge is 0.465 e. The van der Waals surface area contributed by atoms with Gasteiger partial charge in [-0.3, -0.25) is 4.79 Å². The van der Waals surface area contributed by atoms with Gasteiger partial charge in [0.2, 0.25) is 5.91 Å². The summed E-state index contributed by atoms with van der Waals surface area (Å²) in [5.41, 5.74) is 1.54. The third kappa shape index (κ3) is 4.17. The Morgan fingerprint density at radius 3 is 2.97 bits per heavy atom. The average Bonchev–Trinajstić information content (AvgIpc) is 3.44. The predicted octanol–water partition coefficient (Wildman–Crippen LogP) is 4.25. The number of nitrogens with zero attached hydrogens (tertiary/aromatic N) is 3. The Balaban J connectivity index is 1.47. The zero-order valence-corrected chi connectivity index (χ0v) is 19.4. The third-order valence-corrected chi connectivity index (χ3v) is 8.12. The Morgan fingerprint density at radius 1 is 1.40 bits per heavy atom. The predicted molar refractivity (Wildman–Crippen MR) is 121 cm³/mol. The van der Waals surface area contributed by atoms with Crippen LogP contribution in [0.1, 0.15) is 34.1 Å². The summed E-state index contributed by atoms with van der Waals surface area (Å²) in [7, 11) is 3.26. The summed E-state index contributed by atoms with van der Waals surface area (Å²) in [6, 6.07) is 3.96. The lowest BCUT2D eigenvalue weighted by atomic mass is 9.88. The minimum atomic E-state index is -0.390. The van der Waals surface area contributed by atoms with Gasteiger partial charge in [-0.05, 0) is 42.2 Å². The van der Waals surface area contributed by atoms with E-state index in [1.165, 1.54) is 35.1 Å². The molecule has 3 aromatic rings. The van der Waals surface area contributed by atoms with Crippen molar-refractivity contribution in [1.82, 2.24) is 14.8 Å². The number of thioether (sulfide) groups is 1. The first-order chi connectivity index (χ1) is 14.5. The van der Waals surface area contributed by atoms with Crippen LogP contribution in [0, 0.1) is 5.92 Å². The van der Waals surface area contributed by atoms with E-state index in [2.05, 4.69) is 22.4 Å². The number of amides is 1. The average molecular weight is 463 g/mol. The number of fused-ring (bicyclic) bond motifs is 1. The quantitative estimate of drug-likeness (QED) is 0.435. The van der Waals surface area contributed by atoms with Crippen molar-refractivity contribution in [2.45, 2.75) is 31.3 Å². The number of hydrogen-bond acceptors (Lipinski definition) is 8. The summed E-state index contributed by atoms with van der Waals surface area (Å²) in [4.78, 5) is 27.2. The molecule has 1 atom stereocenters. The van der Waals surface area contributed by atoms with Crippen LogP contribution in [0.4, 0.5) is 5.00 Å². The van der Waals surface area contributed by atoms with Gasteiger partial charge in [-0.2, -0.15) is 0 Å². The van der Waals surface area contributed by atoms with Gasteiger partial charge in [-0.25, -0.2) is 4.79 Å². The maximum atomic E-state index is 12.6. The van der Waals surface area contributed by atoms with Crippen molar-refractivity contribution < 1.29 is 14.3 Å². The second-order valence-corrected chi connectivity index (χ2v) is 10.2. The number of carbonyl (C=O) groups excluding carboxylic acids is 2. The normalized spacial score (nSPS) is 15.6. The molecular weight excluding hydrogens is 440 g/mol. The van der Waals surface area contributed by atoms with Gasteiger partial charge in [0.05, 0.1) is 23.3 Å². The SMILES string of the molecule is COC(=O)c1c(NC(=O)CSc2nnc(-c3cccs3)n2C)sc2c1CCC(C)C2. The summed E-state index contributed by atoms with van der Waals surface area (Å²) < 4.78 is 6.87. The molecule has 0 saturated heterocycles. The first kappa shape index (κ1) is 21.1. The molecule has 3 heterocycles. The second kappa shape index (κ2) is 8.91. The first-order valence-corrected chi connectivity index (χ1v) is 12.2. The van der Waals surface area contributed by atoms with E-state index in [0.29, 0.717) is 21.6 Å². The van der Waals surface area contributed by atoms with Crippen LogP contribution < -0.4 is 5.32 Å². The van der Waals surface area contributed by atoms with Crippen LogP contribution in [0.3, 0.4) is 0 Å². The Kier molecular flexibility index (Phi) is 6.26. The Labute approximate surface area is 186 Å². The number of esters is 1. The molecule has 0 saturated carbocycles. The van der Waals surface area contributed by atoms with Crippen molar-refractivity contribution in [2.75, 3.05) is 18.2 Å². The van der Waals surface area contributed by atoms with Crippen molar-refractivity contribution in [3.8, 4) is 10.7 Å². The molecule has 30 heavy (non-hydrogen) atoms. The zero-order valence-electron chi connectivity index (χ0n) is 16.9. The van der Waals surface area contributed by atoms with E-state index in [4.69, 9.17) is 4.74 Å². The number of rotatable bonds is 6. The molecule has 4 rings (SSSR count). The number of aromatic nitrogens is 3. The van der Waals surface area contributed by atoms with E-state index < -0.39 is 0 Å². The number of thiophene rings is 2. The molecule has 7 nitrogen and oxygen atoms in total. The van der Waals surface area contributed by atoms with Gasteiger partial charge in [-0.15, -0.1) is 32.9 Å². The fourth-order valence-electron chi connectivity index (χ4n) is 3.51. The number of methoxy groups -OCH3 is 1. The standard InChI is InChI=1S/C20H22N4O3S3/c1-11-6-7-12-14(9-11)30-18(16(12)19(26)27-3)21-15(25)10-29-20-23-22-17(24(20)2)13-5-4-8-28-13/h4-5,8,11H,6-7,9-10H2,1-3H3,(H,21,25). The zero-order chi connectivity index (χ0) is 21.3. The van der Waals surface area contributed by atoms with Crippen LogP contribution in [-0.4, -0.2) is 39.5 Å². The van der Waals surface area contributed by atoms with Crippen LogP contribution in [0.25, 0.3) is 10.7 Å². The van der Waals surface area contributed by atoms with E-state index in [0.717, 1.165) is 35.5 Å². The fraction of sp³-hybridized carbons (Fsp3) is 0.400. The van der Waals surface area contributed by atoms with Crippen molar-refractivity contribution >= 4 is 51.3 Å². The molecule has 3 aromatic heterocycles. The minimum absolute atomic E-state index is 0.177. The van der Waals surface area contributed by atoms with Gasteiger partial charge in [0, 0.05) is 11.9 Å². The maximum Gasteiger partial charge on any atom is 0.341 e. The van der Waals surface area contributed by atoms with Gasteiger partial charge in [-0.1, -0.05) is 24.8 Å². The minimum Gasteiger partial charge on any atom is -0.465 e. The summed E-state index contributed by atoms with van der Waals surface area (Å²) >= 11 is 4.40. The smallest absolute Gasteiger partial charge is 0.341 e. The highest BCUT2D eigenvalue weighted by molar-refractivity contribution is 7.99. The molecule has 0 aromatic carbocycles. The van der Waals surface area contributed by atoms with E-state index in [9.17, 15) is 9.59 Å². The second-order valence-electron chi connectivity index (χ2n) is 7.23. The monoisotopic (exact) mass is 462 g/mol. The molecular formula is C20H22N4O3S3. The molecule has 1 aliphatic rings. The summed E-state index contributed by atoms with van der Waals surface area (Å²) in [5.74, 6) is 0.960. The number of nitrogens with one attached hydrogen (secondary N) is 1. The molecule has 1 unspecified atom stereocenters. The molecule has 0 aliphatic heterocycles. The van der Waals surface area contributed by atoms with Crippen LogP contribution >= 0.6 is 34.4 Å². The highest BCUT2D eigenvalue weighted by Crippen LogP contribution is 2.40. The molecule has 0 fully saturated rings. The Hall–Kier alpha value is -2.17. The van der Waals surface area contributed by atoms with E-state index in [1.807, 2.05) is 29.1 Å². The number of ether oxygens (including phenoxy) is 1. The lowest BCUT2D eigenvalue weighted by Gasteiger charge is -2.18. The molecule has 1 aliphatic carbocycles. The van der Waals surface area contributed by atoms with Crippen molar-refractivity contribution in [3.05, 3.63) is 33.5 Å². The number of hydrogen-bond donors (Lipinski definition) is 1. The molecule has 1 N–H and O–H groups in total. The lowest BCUT2D eigenvalue weighted by Crippen LogP contribution is -2.17. The topological polar surface area (TPSA) is 86.1 Å². The van der Waals surface area contributed by atoms with Crippen LogP contribution in [0.5, 0.6) is 0 Å². The molecule has 1 amide bonds. The van der Waals surface area contributed by atoms with Crippen LogP contribution in [0.2, 0.25) is 0 Å². The highest BCUT2D eigenvalue weighted by Gasteiger charge is 2.29. The van der Waals surface area contributed by atoms with Crippen molar-refractivity contribution in [3.63, 3.8) is 0 Å². The van der Waals surface area contributed by atoms with Gasteiger partial charge in [0.1, 0.15) is 5.00 Å². The van der Waals surface area contributed by atoms with Crippen molar-refractivity contribution in [2.24, 2.45) is 13.0 Å². The number of anilines is 1. The van der Waals surface area contributed by atoms with Crippen molar-refractivity contribution in [1.29, 1.82) is 0 Å². The Morgan fingerprint density at radius 2 is 2.23 bits per heavy atom. The summed E-state index contributed by atoms with van der Waals surface area (Å²) in [6.07, 6.45) is 2.81. The molecule has 10 heteroatoms. The Bertz CT molecular complexity index is 1070. The lowest BCUT2D eigenvalue weighted by molar-refractivity contribution is -0.113. The summed E-state index contributed by atoms with van der Waals surface area (Å²) in [5, 5.41) is 14.6. The highest BCUT2D eigenvalue weighted by atomic mass is 32.2.